The number of fused-ring (bicyclic) bond motifs is 1. The first-order valence-corrected chi connectivity index (χ1v) is 9.70. The molecule has 31 heavy (non-hydrogen) atoms. The van der Waals surface area contributed by atoms with Crippen molar-refractivity contribution in [2.45, 2.75) is 26.1 Å². The fraction of sp³-hybridized carbons (Fsp3) is 0.350. The zero-order valence-corrected chi connectivity index (χ0v) is 17.7. The molecule has 2 heterocycles. The molecule has 0 radical (unpaired) electrons. The second kappa shape index (κ2) is 8.62. The van der Waals surface area contributed by atoms with Crippen molar-refractivity contribution < 1.29 is 22.7 Å². The second-order valence-electron chi connectivity index (χ2n) is 7.37. The Morgan fingerprint density at radius 1 is 1.29 bits per heavy atom. The number of ether oxygens (including phenoxy) is 1. The zero-order chi connectivity index (χ0) is 22.9. The van der Waals surface area contributed by atoms with E-state index in [2.05, 4.69) is 5.10 Å². The molecule has 0 aliphatic heterocycles. The van der Waals surface area contributed by atoms with Crippen molar-refractivity contribution in [3.8, 4) is 11.4 Å². The third-order valence-corrected chi connectivity index (χ3v) is 5.03. The number of halogens is 4. The molecular formula is C20H20ClF3N4O3. The molecule has 0 aliphatic carbocycles. The molecule has 0 saturated carbocycles. The van der Waals surface area contributed by atoms with Crippen LogP contribution < -0.4 is 15.6 Å². The summed E-state index contributed by atoms with van der Waals surface area (Å²) in [5, 5.41) is 7.16. The quantitative estimate of drug-likeness (QED) is 0.616. The van der Waals surface area contributed by atoms with Crippen LogP contribution in [0.15, 0.2) is 41.5 Å². The highest BCUT2D eigenvalue weighted by Crippen LogP contribution is 2.31. The van der Waals surface area contributed by atoms with Crippen LogP contribution in [0.2, 0.25) is 5.02 Å². The van der Waals surface area contributed by atoms with Crippen LogP contribution in [0.4, 0.5) is 13.2 Å². The molecule has 0 aliphatic rings. The molecule has 1 N–H and O–H groups in total. The molecule has 1 aromatic carbocycles. The van der Waals surface area contributed by atoms with Gasteiger partial charge in [-0.25, -0.2) is 4.68 Å². The molecule has 1 amide bonds. The Morgan fingerprint density at radius 3 is 2.61 bits per heavy atom. The highest BCUT2D eigenvalue weighted by molar-refractivity contribution is 6.32. The first kappa shape index (κ1) is 22.7. The monoisotopic (exact) mass is 456 g/mol. The number of carbonyl (C=O) groups excluding carboxylic acids is 1. The Balaban J connectivity index is 1.83. The van der Waals surface area contributed by atoms with Crippen molar-refractivity contribution in [1.82, 2.24) is 19.7 Å². The second-order valence-corrected chi connectivity index (χ2v) is 7.77. The van der Waals surface area contributed by atoms with Crippen molar-refractivity contribution in [3.05, 3.63) is 52.0 Å². The first-order valence-electron chi connectivity index (χ1n) is 9.32. The van der Waals surface area contributed by atoms with Crippen LogP contribution in [0.3, 0.4) is 0 Å². The fourth-order valence-corrected chi connectivity index (χ4v) is 3.09. The van der Waals surface area contributed by atoms with Crippen LogP contribution in [0, 0.1) is 5.92 Å². The van der Waals surface area contributed by atoms with E-state index in [9.17, 15) is 22.8 Å². The van der Waals surface area contributed by atoms with Gasteiger partial charge in [-0.05, 0) is 24.1 Å². The summed E-state index contributed by atoms with van der Waals surface area (Å²) in [7, 11) is 1.62. The molecule has 1 atom stereocenters. The van der Waals surface area contributed by atoms with Crippen LogP contribution in [0.5, 0.6) is 5.75 Å². The summed E-state index contributed by atoms with van der Waals surface area (Å²) in [6.45, 7) is 3.15. The van der Waals surface area contributed by atoms with Gasteiger partial charge in [0.05, 0.1) is 28.5 Å². The van der Waals surface area contributed by atoms with E-state index < -0.39 is 18.1 Å². The maximum Gasteiger partial charge on any atom is 0.471 e. The van der Waals surface area contributed by atoms with Gasteiger partial charge in [-0.1, -0.05) is 25.4 Å². The number of rotatable bonds is 6. The number of aromatic nitrogens is 3. The maximum absolute atomic E-state index is 12.6. The molecule has 0 spiro atoms. The number of benzene rings is 1. The van der Waals surface area contributed by atoms with Gasteiger partial charge in [0.1, 0.15) is 12.4 Å². The fourth-order valence-electron chi connectivity index (χ4n) is 2.88. The van der Waals surface area contributed by atoms with Gasteiger partial charge in [0.2, 0.25) is 5.56 Å². The lowest BCUT2D eigenvalue weighted by Gasteiger charge is -2.23. The van der Waals surface area contributed by atoms with E-state index in [0.717, 1.165) is 0 Å². The lowest BCUT2D eigenvalue weighted by Crippen LogP contribution is -2.48. The molecule has 2 aromatic heterocycles. The Kier molecular flexibility index (Phi) is 6.30. The van der Waals surface area contributed by atoms with E-state index in [1.54, 1.807) is 56.2 Å². The number of aryl methyl sites for hydroxylation is 1. The molecular weight excluding hydrogens is 437 g/mol. The van der Waals surface area contributed by atoms with Gasteiger partial charge in [-0.3, -0.25) is 9.59 Å². The molecule has 0 saturated heterocycles. The van der Waals surface area contributed by atoms with E-state index in [1.165, 1.54) is 10.6 Å². The van der Waals surface area contributed by atoms with E-state index in [1.807, 2.05) is 5.32 Å². The van der Waals surface area contributed by atoms with Gasteiger partial charge < -0.3 is 14.6 Å². The van der Waals surface area contributed by atoms with Gasteiger partial charge in [-0.2, -0.15) is 18.3 Å². The molecule has 0 bridgehead atoms. The Morgan fingerprint density at radius 2 is 2.00 bits per heavy atom. The van der Waals surface area contributed by atoms with Crippen molar-refractivity contribution in [2.75, 3.05) is 6.61 Å². The van der Waals surface area contributed by atoms with Gasteiger partial charge in [0, 0.05) is 24.7 Å². The average molecular weight is 457 g/mol. The van der Waals surface area contributed by atoms with Gasteiger partial charge in [-0.15, -0.1) is 0 Å². The van der Waals surface area contributed by atoms with Crippen LogP contribution in [-0.2, 0) is 11.8 Å². The van der Waals surface area contributed by atoms with Crippen molar-refractivity contribution in [1.29, 1.82) is 0 Å². The minimum atomic E-state index is -4.97. The summed E-state index contributed by atoms with van der Waals surface area (Å²) < 4.78 is 46.3. The lowest BCUT2D eigenvalue weighted by atomic mass is 10.1. The van der Waals surface area contributed by atoms with Crippen molar-refractivity contribution in [3.63, 3.8) is 0 Å². The average Bonchev–Trinajstić information content (AvgIpc) is 3.08. The molecule has 166 valence electrons. The number of pyridine rings is 1. The topological polar surface area (TPSA) is 78.2 Å². The summed E-state index contributed by atoms with van der Waals surface area (Å²) in [5.41, 5.74) is 1.14. The number of nitrogens with zero attached hydrogens (tertiary/aromatic N) is 3. The zero-order valence-electron chi connectivity index (χ0n) is 16.9. The highest BCUT2D eigenvalue weighted by atomic mass is 35.5. The Bertz CT molecular complexity index is 1170. The summed E-state index contributed by atoms with van der Waals surface area (Å²) in [4.78, 5) is 22.9. The third kappa shape index (κ3) is 5.01. The van der Waals surface area contributed by atoms with Crippen LogP contribution >= 0.6 is 11.6 Å². The molecule has 7 nitrogen and oxygen atoms in total. The van der Waals surface area contributed by atoms with Crippen LogP contribution in [0.25, 0.3) is 16.6 Å². The third-order valence-electron chi connectivity index (χ3n) is 4.73. The largest absolute Gasteiger partial charge is 0.490 e. The number of alkyl halides is 3. The highest BCUT2D eigenvalue weighted by Gasteiger charge is 2.40. The molecule has 1 unspecified atom stereocenters. The normalized spacial score (nSPS) is 12.9. The number of amides is 1. The number of hydrogen-bond donors (Lipinski definition) is 1. The van der Waals surface area contributed by atoms with Gasteiger partial charge in [0.25, 0.3) is 0 Å². The number of carbonyl (C=O) groups is 1. The van der Waals surface area contributed by atoms with E-state index in [-0.39, 0.29) is 28.9 Å². The summed E-state index contributed by atoms with van der Waals surface area (Å²) in [6.07, 6.45) is -1.77. The minimum absolute atomic E-state index is 0.161. The predicted molar refractivity (Wildman–Crippen MR) is 110 cm³/mol. The molecule has 0 fully saturated rings. The minimum Gasteiger partial charge on any atom is -0.490 e. The smallest absolute Gasteiger partial charge is 0.471 e. The van der Waals surface area contributed by atoms with Crippen molar-refractivity contribution >= 4 is 28.4 Å². The predicted octanol–water partition coefficient (Wildman–Crippen LogP) is 3.46. The molecule has 3 aromatic rings. The van der Waals surface area contributed by atoms with Crippen LogP contribution in [-0.4, -0.2) is 39.1 Å². The van der Waals surface area contributed by atoms with Gasteiger partial charge in [0.15, 0.2) is 0 Å². The molecule has 3 rings (SSSR count). The lowest BCUT2D eigenvalue weighted by molar-refractivity contribution is -0.174. The summed E-state index contributed by atoms with van der Waals surface area (Å²) >= 11 is 6.33. The number of hydrogen-bond acceptors (Lipinski definition) is 4. The van der Waals surface area contributed by atoms with E-state index >= 15 is 0 Å². The number of nitrogens with one attached hydrogen (secondary N) is 1. The SMILES string of the molecule is CC(C)C(COc1cc2cnn(-c3ccc(=O)n(C)c3)c2cc1Cl)NC(=O)C(F)(F)F. The van der Waals surface area contributed by atoms with Crippen molar-refractivity contribution in [2.24, 2.45) is 13.0 Å². The van der Waals surface area contributed by atoms with Crippen LogP contribution in [0.1, 0.15) is 13.8 Å². The molecule has 11 heteroatoms. The van der Waals surface area contributed by atoms with E-state index in [0.29, 0.717) is 16.6 Å². The van der Waals surface area contributed by atoms with Gasteiger partial charge >= 0.3 is 12.1 Å². The summed E-state index contributed by atoms with van der Waals surface area (Å²) in [6, 6.07) is 5.41. The Labute approximate surface area is 180 Å². The van der Waals surface area contributed by atoms with E-state index in [4.69, 9.17) is 16.3 Å². The Hall–Kier alpha value is -3.01. The standard InChI is InChI=1S/C20H20ClF3N4O3/c1-11(2)15(26-19(30)20(22,23)24)10-31-17-6-12-8-25-28(16(12)7-14(17)21)13-4-5-18(29)27(3)9-13/h4-9,11,15H,10H2,1-3H3,(H,26,30). The first-order chi connectivity index (χ1) is 14.5. The maximum atomic E-state index is 12.6. The summed E-state index contributed by atoms with van der Waals surface area (Å²) in [5.74, 6) is -2.07.